The number of urea groups is 1. The maximum absolute atomic E-state index is 14.3. The molecular weight excluding hydrogens is 845 g/mol. The molecule has 11 rings (SSSR count). The Hall–Kier alpha value is -6.06. The molecule has 1 saturated carbocycles. The second-order valence-corrected chi connectivity index (χ2v) is 18.4. The van der Waals surface area contributed by atoms with Gasteiger partial charge in [0.15, 0.2) is 11.3 Å². The molecule has 65 heavy (non-hydrogen) atoms. The van der Waals surface area contributed by atoms with Gasteiger partial charge < -0.3 is 24.8 Å². The topological polar surface area (TPSA) is 186 Å². The summed E-state index contributed by atoms with van der Waals surface area (Å²) >= 11 is 0. The fraction of sp³-hybridized carbons (Fsp3) is 0.545. The third-order valence-electron chi connectivity index (χ3n) is 14.6. The van der Waals surface area contributed by atoms with Crippen LogP contribution in [0.1, 0.15) is 101 Å². The largest absolute Gasteiger partial charge is 0.374 e. The molecule has 2 atom stereocenters. The normalized spacial score (nSPS) is 25.7. The molecular formula is C44H51F2N13O6. The lowest BCUT2D eigenvalue weighted by atomic mass is 9.85. The van der Waals surface area contributed by atoms with E-state index in [0.29, 0.717) is 24.2 Å². The number of hydrazine groups is 1. The summed E-state index contributed by atoms with van der Waals surface area (Å²) in [7, 11) is 0. The molecule has 0 spiro atoms. The zero-order chi connectivity index (χ0) is 44.5. The number of rotatable bonds is 10. The van der Waals surface area contributed by atoms with Crippen LogP contribution in [0, 0.1) is 5.92 Å². The maximum atomic E-state index is 14.3. The van der Waals surface area contributed by atoms with Gasteiger partial charge in [0, 0.05) is 82.9 Å². The molecule has 6 amide bonds. The average molecular weight is 896 g/mol. The van der Waals surface area contributed by atoms with Crippen LogP contribution < -0.4 is 20.4 Å². The van der Waals surface area contributed by atoms with Gasteiger partial charge >= 0.3 is 6.03 Å². The third kappa shape index (κ3) is 7.75. The highest BCUT2D eigenvalue weighted by molar-refractivity contribution is 6.22. The second-order valence-electron chi connectivity index (χ2n) is 18.4. The monoisotopic (exact) mass is 895 g/mol. The van der Waals surface area contributed by atoms with Gasteiger partial charge in [-0.2, -0.15) is 15.2 Å². The fourth-order valence-corrected chi connectivity index (χ4v) is 11.0. The van der Waals surface area contributed by atoms with Crippen LogP contribution in [0.15, 0.2) is 42.9 Å². The Labute approximate surface area is 372 Å². The number of amides is 6. The highest BCUT2D eigenvalue weighted by atomic mass is 19.3. The number of nitrogens with zero attached hydrogens (tertiary/aromatic N) is 11. The van der Waals surface area contributed by atoms with Gasteiger partial charge in [-0.05, 0) is 75.1 Å². The Morgan fingerprint density at radius 2 is 1.68 bits per heavy atom. The number of anilines is 3. The minimum absolute atomic E-state index is 0.00353. The molecule has 7 aliphatic rings. The number of ether oxygens (including phenoxy) is 1. The van der Waals surface area contributed by atoms with E-state index in [-0.39, 0.29) is 53.5 Å². The summed E-state index contributed by atoms with van der Waals surface area (Å²) in [6.07, 6.45) is 8.49. The van der Waals surface area contributed by atoms with E-state index in [1.165, 1.54) is 10.7 Å². The van der Waals surface area contributed by atoms with Gasteiger partial charge in [-0.15, -0.1) is 0 Å². The molecule has 6 fully saturated rings. The number of piperidine rings is 1. The summed E-state index contributed by atoms with van der Waals surface area (Å²) in [6.45, 7) is 7.91. The number of alkyl halides is 2. The molecule has 342 valence electrons. The van der Waals surface area contributed by atoms with E-state index < -0.39 is 41.8 Å². The lowest BCUT2D eigenvalue weighted by Gasteiger charge is -2.44. The van der Waals surface area contributed by atoms with Crippen LogP contribution in [-0.4, -0.2) is 158 Å². The van der Waals surface area contributed by atoms with Crippen molar-refractivity contribution in [3.05, 3.63) is 65.2 Å². The number of carbonyl (C=O) groups is 5. The Balaban J connectivity index is 0.643. The number of benzene rings is 1. The van der Waals surface area contributed by atoms with E-state index in [4.69, 9.17) is 9.72 Å². The zero-order valence-corrected chi connectivity index (χ0v) is 35.9. The minimum atomic E-state index is -2.86. The molecule has 0 unspecified atom stereocenters. The van der Waals surface area contributed by atoms with Crippen LogP contribution in [0.25, 0.3) is 5.65 Å². The second kappa shape index (κ2) is 16.7. The van der Waals surface area contributed by atoms with Gasteiger partial charge in [0.25, 0.3) is 24.1 Å². The highest BCUT2D eigenvalue weighted by Crippen LogP contribution is 2.37. The summed E-state index contributed by atoms with van der Waals surface area (Å²) in [5, 5.41) is 15.3. The summed E-state index contributed by atoms with van der Waals surface area (Å²) in [5.41, 5.74) is 1.47. The van der Waals surface area contributed by atoms with Gasteiger partial charge in [0.05, 0.1) is 54.4 Å². The number of hydrogen-bond donors (Lipinski definition) is 2. The van der Waals surface area contributed by atoms with E-state index >= 15 is 0 Å². The van der Waals surface area contributed by atoms with Crippen molar-refractivity contribution in [1.82, 2.24) is 49.5 Å². The molecule has 2 N–H and O–H groups in total. The van der Waals surface area contributed by atoms with E-state index in [9.17, 15) is 32.8 Å². The van der Waals surface area contributed by atoms with Crippen molar-refractivity contribution in [1.29, 1.82) is 0 Å². The van der Waals surface area contributed by atoms with Gasteiger partial charge in [-0.3, -0.25) is 34.1 Å². The number of hydrogen-bond acceptors (Lipinski definition) is 13. The first-order valence-corrected chi connectivity index (χ1v) is 22.8. The number of aromatic nitrogens is 5. The summed E-state index contributed by atoms with van der Waals surface area (Å²) in [5.74, 6) is -0.911. The molecule has 6 aliphatic heterocycles. The van der Waals surface area contributed by atoms with Crippen molar-refractivity contribution in [2.24, 2.45) is 5.92 Å². The Kier molecular flexibility index (Phi) is 10.7. The van der Waals surface area contributed by atoms with Crippen LogP contribution in [0.2, 0.25) is 0 Å². The van der Waals surface area contributed by atoms with Crippen LogP contribution in [0.5, 0.6) is 0 Å². The molecule has 19 nitrogen and oxygen atoms in total. The van der Waals surface area contributed by atoms with Crippen LogP contribution >= 0.6 is 0 Å². The Morgan fingerprint density at radius 3 is 2.40 bits per heavy atom. The number of halogens is 2. The van der Waals surface area contributed by atoms with E-state index in [1.807, 2.05) is 12.1 Å². The molecule has 9 heterocycles. The van der Waals surface area contributed by atoms with Crippen molar-refractivity contribution >= 4 is 52.5 Å². The first kappa shape index (κ1) is 41.6. The van der Waals surface area contributed by atoms with E-state index in [0.717, 1.165) is 119 Å². The number of nitrogens with one attached hydrogen (secondary N) is 2. The van der Waals surface area contributed by atoms with Gasteiger partial charge in [0.1, 0.15) is 11.4 Å². The van der Waals surface area contributed by atoms with Crippen molar-refractivity contribution < 1.29 is 37.5 Å². The summed E-state index contributed by atoms with van der Waals surface area (Å²) < 4.78 is 37.5. The number of morpholine rings is 1. The zero-order valence-electron chi connectivity index (χ0n) is 35.9. The predicted octanol–water partition coefficient (Wildman–Crippen LogP) is 3.56. The number of piperazine rings is 1. The van der Waals surface area contributed by atoms with Crippen molar-refractivity contribution in [3.63, 3.8) is 0 Å². The lowest BCUT2D eigenvalue weighted by Crippen LogP contribution is -2.58. The van der Waals surface area contributed by atoms with Crippen molar-refractivity contribution in [2.75, 3.05) is 80.6 Å². The smallest absolute Gasteiger partial charge is 0.343 e. The predicted molar refractivity (Wildman–Crippen MR) is 230 cm³/mol. The molecule has 4 aromatic rings. The summed E-state index contributed by atoms with van der Waals surface area (Å²) in [6, 6.07) is 7.00. The third-order valence-corrected chi connectivity index (χ3v) is 14.6. The van der Waals surface area contributed by atoms with Gasteiger partial charge in [-0.1, -0.05) is 0 Å². The lowest BCUT2D eigenvalue weighted by molar-refractivity contribution is -0.122. The first-order chi connectivity index (χ1) is 31.5. The molecule has 2 bridgehead atoms. The van der Waals surface area contributed by atoms with Gasteiger partial charge in [-0.25, -0.2) is 28.1 Å². The Morgan fingerprint density at radius 1 is 0.892 bits per heavy atom. The minimum Gasteiger partial charge on any atom is -0.374 e. The van der Waals surface area contributed by atoms with Crippen molar-refractivity contribution in [3.8, 4) is 0 Å². The molecule has 0 radical (unpaired) electrons. The number of fused-ring (bicyclic) bond motifs is 4. The molecule has 3 aromatic heterocycles. The molecule has 21 heteroatoms. The van der Waals surface area contributed by atoms with Crippen LogP contribution in [-0.2, 0) is 9.53 Å². The van der Waals surface area contributed by atoms with Crippen LogP contribution in [0.4, 0.5) is 30.8 Å². The van der Waals surface area contributed by atoms with E-state index in [1.54, 1.807) is 29.2 Å². The molecule has 1 aromatic carbocycles. The quantitative estimate of drug-likeness (QED) is 0.221. The molecule has 5 saturated heterocycles. The van der Waals surface area contributed by atoms with Crippen molar-refractivity contribution in [2.45, 2.75) is 82.0 Å². The number of carbonyl (C=O) groups excluding carboxylic acids is 5. The molecule has 1 aliphatic carbocycles. The maximum Gasteiger partial charge on any atom is 0.343 e. The average Bonchev–Trinajstić information content (AvgIpc) is 4.17. The van der Waals surface area contributed by atoms with Gasteiger partial charge in [0.2, 0.25) is 5.91 Å². The Bertz CT molecular complexity index is 2540. The van der Waals surface area contributed by atoms with Crippen LogP contribution in [0.3, 0.4) is 0 Å². The standard InChI is InChI=1S/C44H51F2N13O6/c45-39(46)38-35(48-41(61)34-21-47-56-13-9-36(49-40(34)56)55-23-31-19-30(55)25-65-31)24-57(51-38)28-3-1-26(2-4-28)22-52-15-17-54(18-16-52)27-7-11-53(12-8-27)29-5-6-32-33(20-29)43(63)59(42(32)62)58-14-10-37(60)50-44(58)64/h5-6,9,13,20-21,24,26-28,30-31,39H,1-4,7-8,10-12,14-19,22-23,25H2,(H,48,61)(H,50,60,64)/t26?,28?,30-,31-/m1/s1. The first-order valence-electron chi connectivity index (χ1n) is 22.8. The number of imide groups is 2. The van der Waals surface area contributed by atoms with E-state index in [2.05, 4.69) is 40.4 Å². The fourth-order valence-electron chi connectivity index (χ4n) is 11.0. The summed E-state index contributed by atoms with van der Waals surface area (Å²) in [4.78, 5) is 78.4. The SMILES string of the molecule is O=C1CCN(N2C(=O)c3ccc(N4CCC(N5CCN(CC6CCC(n7cc(NC(=O)c8cnn9ccc(N%10C[C@H]%11C[C@@H]%10CO%11)nc89)c(C(F)F)n7)CC6)CC5)CC4)cc3C2=O)C(=O)N1. The highest BCUT2D eigenvalue weighted by Gasteiger charge is 2.44.